The van der Waals surface area contributed by atoms with Gasteiger partial charge < -0.3 is 9.80 Å². The van der Waals surface area contributed by atoms with Crippen molar-refractivity contribution in [3.05, 3.63) is 66.0 Å². The number of hydrogen-bond acceptors (Lipinski definition) is 4. The third kappa shape index (κ3) is 3.85. The molecular formula is C21H24N4O2. The van der Waals surface area contributed by atoms with Crippen molar-refractivity contribution in [1.82, 2.24) is 19.7 Å². The van der Waals surface area contributed by atoms with Gasteiger partial charge in [-0.05, 0) is 30.2 Å². The monoisotopic (exact) mass is 364 g/mol. The summed E-state index contributed by atoms with van der Waals surface area (Å²) in [6, 6.07) is 13.2. The first-order valence-electron chi connectivity index (χ1n) is 9.48. The minimum atomic E-state index is -0.0596. The van der Waals surface area contributed by atoms with Gasteiger partial charge in [0.15, 0.2) is 0 Å². The lowest BCUT2D eigenvalue weighted by Gasteiger charge is -2.37. The second-order valence-corrected chi connectivity index (χ2v) is 7.12. The van der Waals surface area contributed by atoms with Crippen molar-refractivity contribution in [1.29, 1.82) is 0 Å². The molecule has 2 fully saturated rings. The summed E-state index contributed by atoms with van der Waals surface area (Å²) in [7, 11) is 0. The SMILES string of the molecule is O=C(c1ccccc1)N1CCN(C2CCN(Cc3cccnc3)C2=O)CC1. The lowest BCUT2D eigenvalue weighted by Crippen LogP contribution is -2.53. The Morgan fingerprint density at radius 1 is 1.00 bits per heavy atom. The minimum Gasteiger partial charge on any atom is -0.337 e. The predicted octanol–water partition coefficient (Wildman–Crippen LogP) is 1.64. The van der Waals surface area contributed by atoms with Gasteiger partial charge in [0.2, 0.25) is 5.91 Å². The summed E-state index contributed by atoms with van der Waals surface area (Å²) < 4.78 is 0. The van der Waals surface area contributed by atoms with E-state index in [9.17, 15) is 9.59 Å². The molecule has 140 valence electrons. The highest BCUT2D eigenvalue weighted by Crippen LogP contribution is 2.21. The predicted molar refractivity (Wildman–Crippen MR) is 102 cm³/mol. The molecule has 0 spiro atoms. The topological polar surface area (TPSA) is 56.8 Å². The Balaban J connectivity index is 1.32. The van der Waals surface area contributed by atoms with Gasteiger partial charge in [0, 0.05) is 57.2 Å². The minimum absolute atomic E-state index is 0.0596. The van der Waals surface area contributed by atoms with Crippen LogP contribution in [-0.2, 0) is 11.3 Å². The molecule has 0 radical (unpaired) electrons. The lowest BCUT2D eigenvalue weighted by atomic mass is 10.1. The molecule has 2 amide bonds. The quantitative estimate of drug-likeness (QED) is 0.828. The van der Waals surface area contributed by atoms with Crippen LogP contribution in [-0.4, -0.2) is 70.3 Å². The Morgan fingerprint density at radius 2 is 1.78 bits per heavy atom. The van der Waals surface area contributed by atoms with Crippen LogP contribution in [0.15, 0.2) is 54.9 Å². The van der Waals surface area contributed by atoms with E-state index in [1.807, 2.05) is 58.5 Å². The molecule has 1 atom stereocenters. The van der Waals surface area contributed by atoms with Crippen LogP contribution in [0.5, 0.6) is 0 Å². The molecular weight excluding hydrogens is 340 g/mol. The van der Waals surface area contributed by atoms with Crippen LogP contribution in [0.2, 0.25) is 0 Å². The van der Waals surface area contributed by atoms with Crippen LogP contribution in [0.4, 0.5) is 0 Å². The summed E-state index contributed by atoms with van der Waals surface area (Å²) in [4.78, 5) is 35.6. The summed E-state index contributed by atoms with van der Waals surface area (Å²) >= 11 is 0. The molecule has 2 saturated heterocycles. The molecule has 0 saturated carbocycles. The van der Waals surface area contributed by atoms with E-state index in [1.54, 1.807) is 6.20 Å². The van der Waals surface area contributed by atoms with Gasteiger partial charge in [0.25, 0.3) is 5.91 Å². The van der Waals surface area contributed by atoms with Gasteiger partial charge in [-0.15, -0.1) is 0 Å². The first kappa shape index (κ1) is 17.7. The van der Waals surface area contributed by atoms with Crippen molar-refractivity contribution < 1.29 is 9.59 Å². The molecule has 3 heterocycles. The number of likely N-dealkylation sites (tertiary alicyclic amines) is 1. The largest absolute Gasteiger partial charge is 0.337 e. The summed E-state index contributed by atoms with van der Waals surface area (Å²) in [5.41, 5.74) is 1.79. The van der Waals surface area contributed by atoms with Gasteiger partial charge in [-0.3, -0.25) is 19.5 Å². The van der Waals surface area contributed by atoms with E-state index in [2.05, 4.69) is 9.88 Å². The maximum absolute atomic E-state index is 12.8. The highest BCUT2D eigenvalue weighted by molar-refractivity contribution is 5.94. The number of rotatable bonds is 4. The van der Waals surface area contributed by atoms with Crippen molar-refractivity contribution in [2.45, 2.75) is 19.0 Å². The highest BCUT2D eigenvalue weighted by atomic mass is 16.2. The normalized spacial score (nSPS) is 20.9. The Kier molecular flexibility index (Phi) is 5.16. The van der Waals surface area contributed by atoms with Crippen LogP contribution in [0.1, 0.15) is 22.3 Å². The smallest absolute Gasteiger partial charge is 0.253 e. The van der Waals surface area contributed by atoms with Crippen LogP contribution in [0.3, 0.4) is 0 Å². The van der Waals surface area contributed by atoms with Crippen molar-refractivity contribution >= 4 is 11.8 Å². The Bertz CT molecular complexity index is 788. The van der Waals surface area contributed by atoms with Crippen LogP contribution < -0.4 is 0 Å². The molecule has 2 aliphatic rings. The number of amides is 2. The summed E-state index contributed by atoms with van der Waals surface area (Å²) in [5.74, 6) is 0.271. The summed E-state index contributed by atoms with van der Waals surface area (Å²) in [6.07, 6.45) is 4.41. The van der Waals surface area contributed by atoms with E-state index in [0.29, 0.717) is 19.6 Å². The average molecular weight is 364 g/mol. The molecule has 4 rings (SSSR count). The summed E-state index contributed by atoms with van der Waals surface area (Å²) in [5, 5.41) is 0. The van der Waals surface area contributed by atoms with E-state index in [4.69, 9.17) is 0 Å². The summed E-state index contributed by atoms with van der Waals surface area (Å²) in [6.45, 7) is 4.23. The zero-order chi connectivity index (χ0) is 18.6. The molecule has 2 aliphatic heterocycles. The van der Waals surface area contributed by atoms with Gasteiger partial charge >= 0.3 is 0 Å². The van der Waals surface area contributed by atoms with Gasteiger partial charge in [0.1, 0.15) is 0 Å². The van der Waals surface area contributed by atoms with Crippen molar-refractivity contribution in [3.8, 4) is 0 Å². The van der Waals surface area contributed by atoms with E-state index in [1.165, 1.54) is 0 Å². The molecule has 27 heavy (non-hydrogen) atoms. The number of nitrogens with zero attached hydrogens (tertiary/aromatic N) is 4. The number of carbonyl (C=O) groups excluding carboxylic acids is 2. The number of carbonyl (C=O) groups is 2. The molecule has 0 N–H and O–H groups in total. The van der Waals surface area contributed by atoms with Gasteiger partial charge in [-0.2, -0.15) is 0 Å². The average Bonchev–Trinajstić information content (AvgIpc) is 3.09. The first-order valence-corrected chi connectivity index (χ1v) is 9.48. The second-order valence-electron chi connectivity index (χ2n) is 7.12. The highest BCUT2D eigenvalue weighted by Gasteiger charge is 2.37. The molecule has 0 bridgehead atoms. The van der Waals surface area contributed by atoms with Crippen LogP contribution in [0, 0.1) is 0 Å². The van der Waals surface area contributed by atoms with Crippen LogP contribution in [0.25, 0.3) is 0 Å². The Labute approximate surface area is 159 Å². The molecule has 6 heteroatoms. The number of benzene rings is 1. The fourth-order valence-electron chi connectivity index (χ4n) is 3.93. The molecule has 6 nitrogen and oxygen atoms in total. The standard InChI is InChI=1S/C21H24N4O2/c26-20(18-6-2-1-3-7-18)24-13-11-23(12-14-24)19-8-10-25(21(19)27)16-17-5-4-9-22-15-17/h1-7,9,15,19H,8,10-14,16H2. The second kappa shape index (κ2) is 7.88. The maximum Gasteiger partial charge on any atom is 0.253 e. The maximum atomic E-state index is 12.8. The number of hydrogen-bond donors (Lipinski definition) is 0. The lowest BCUT2D eigenvalue weighted by molar-refractivity contribution is -0.133. The zero-order valence-electron chi connectivity index (χ0n) is 15.3. The fraction of sp³-hybridized carbons (Fsp3) is 0.381. The van der Waals surface area contributed by atoms with E-state index in [-0.39, 0.29) is 17.9 Å². The van der Waals surface area contributed by atoms with E-state index >= 15 is 0 Å². The molecule has 1 aromatic heterocycles. The van der Waals surface area contributed by atoms with Crippen molar-refractivity contribution in [2.24, 2.45) is 0 Å². The molecule has 1 unspecified atom stereocenters. The van der Waals surface area contributed by atoms with E-state index in [0.717, 1.165) is 37.2 Å². The molecule has 2 aromatic rings. The number of pyridine rings is 1. The molecule has 1 aromatic carbocycles. The Hall–Kier alpha value is -2.73. The van der Waals surface area contributed by atoms with Crippen molar-refractivity contribution in [2.75, 3.05) is 32.7 Å². The number of aromatic nitrogens is 1. The Morgan fingerprint density at radius 3 is 2.48 bits per heavy atom. The first-order chi connectivity index (χ1) is 13.2. The third-order valence-electron chi connectivity index (χ3n) is 5.43. The molecule has 0 aliphatic carbocycles. The van der Waals surface area contributed by atoms with E-state index < -0.39 is 0 Å². The number of piperazine rings is 1. The fourth-order valence-corrected chi connectivity index (χ4v) is 3.93. The van der Waals surface area contributed by atoms with Crippen LogP contribution >= 0.6 is 0 Å². The van der Waals surface area contributed by atoms with Gasteiger partial charge in [0.05, 0.1) is 6.04 Å². The zero-order valence-corrected chi connectivity index (χ0v) is 15.3. The van der Waals surface area contributed by atoms with Gasteiger partial charge in [-0.1, -0.05) is 24.3 Å². The van der Waals surface area contributed by atoms with Crippen molar-refractivity contribution in [3.63, 3.8) is 0 Å². The van der Waals surface area contributed by atoms with Gasteiger partial charge in [-0.25, -0.2) is 0 Å². The third-order valence-corrected chi connectivity index (χ3v) is 5.43.